The number of amides is 1. The molecule has 0 saturated carbocycles. The molecule has 6 heteroatoms. The lowest BCUT2D eigenvalue weighted by Gasteiger charge is -2.21. The summed E-state index contributed by atoms with van der Waals surface area (Å²) in [5, 5.41) is 8.79. The van der Waals surface area contributed by atoms with Gasteiger partial charge in [0.25, 0.3) is 5.91 Å². The van der Waals surface area contributed by atoms with E-state index < -0.39 is 18.5 Å². The summed E-state index contributed by atoms with van der Waals surface area (Å²) in [7, 11) is 0. The fourth-order valence-electron chi connectivity index (χ4n) is 2.21. The number of anilines is 1. The van der Waals surface area contributed by atoms with E-state index in [0.717, 1.165) is 5.56 Å². The van der Waals surface area contributed by atoms with Crippen LogP contribution >= 0.6 is 0 Å². The number of para-hydroxylation sites is 1. The van der Waals surface area contributed by atoms with Gasteiger partial charge in [0, 0.05) is 12.2 Å². The average Bonchev–Trinajstić information content (AvgIpc) is 2.67. The number of hydrogen-bond acceptors (Lipinski definition) is 5. The Kier molecular flexibility index (Phi) is 7.19. The van der Waals surface area contributed by atoms with Crippen LogP contribution in [0, 0.1) is 18.3 Å². The second kappa shape index (κ2) is 9.84. The molecular weight excluding hydrogens is 332 g/mol. The molecule has 134 valence electrons. The zero-order valence-electron chi connectivity index (χ0n) is 14.6. The lowest BCUT2D eigenvalue weighted by atomic mass is 10.2. The van der Waals surface area contributed by atoms with Crippen molar-refractivity contribution < 1.29 is 19.1 Å². The molecule has 0 atom stereocenters. The van der Waals surface area contributed by atoms with Gasteiger partial charge in [0.15, 0.2) is 13.2 Å². The van der Waals surface area contributed by atoms with Crippen molar-refractivity contribution in [1.29, 1.82) is 5.26 Å². The van der Waals surface area contributed by atoms with Crippen LogP contribution in [-0.4, -0.2) is 31.6 Å². The molecule has 26 heavy (non-hydrogen) atoms. The van der Waals surface area contributed by atoms with E-state index in [-0.39, 0.29) is 19.6 Å². The van der Waals surface area contributed by atoms with E-state index in [1.807, 2.05) is 31.2 Å². The van der Waals surface area contributed by atoms with Crippen LogP contribution in [-0.2, 0) is 14.3 Å². The highest BCUT2D eigenvalue weighted by Gasteiger charge is 2.17. The number of carbonyl (C=O) groups excluding carboxylic acids is 2. The van der Waals surface area contributed by atoms with Gasteiger partial charge < -0.3 is 14.4 Å². The second-order valence-corrected chi connectivity index (χ2v) is 5.55. The molecule has 2 rings (SSSR count). The maximum Gasteiger partial charge on any atom is 0.344 e. The van der Waals surface area contributed by atoms with Crippen molar-refractivity contribution >= 4 is 17.6 Å². The molecule has 0 bridgehead atoms. The van der Waals surface area contributed by atoms with Crippen LogP contribution < -0.4 is 9.64 Å². The number of carbonyl (C=O) groups is 2. The first-order chi connectivity index (χ1) is 12.6. The van der Waals surface area contributed by atoms with Gasteiger partial charge in [-0.25, -0.2) is 4.79 Å². The molecule has 0 N–H and O–H groups in total. The maximum absolute atomic E-state index is 12.4. The van der Waals surface area contributed by atoms with Crippen LogP contribution in [0.1, 0.15) is 12.0 Å². The van der Waals surface area contributed by atoms with E-state index in [0.29, 0.717) is 11.4 Å². The smallest absolute Gasteiger partial charge is 0.344 e. The van der Waals surface area contributed by atoms with Gasteiger partial charge in [0.05, 0.1) is 12.5 Å². The summed E-state index contributed by atoms with van der Waals surface area (Å²) in [6.07, 6.45) is 0.185. The number of ether oxygens (including phenoxy) is 2. The minimum absolute atomic E-state index is 0.185. The maximum atomic E-state index is 12.4. The van der Waals surface area contributed by atoms with Gasteiger partial charge in [-0.1, -0.05) is 35.9 Å². The summed E-state index contributed by atoms with van der Waals surface area (Å²) >= 11 is 0. The Labute approximate surface area is 152 Å². The van der Waals surface area contributed by atoms with E-state index in [2.05, 4.69) is 0 Å². The highest BCUT2D eigenvalue weighted by Crippen LogP contribution is 2.16. The number of nitriles is 1. The Morgan fingerprint density at radius 2 is 1.73 bits per heavy atom. The molecule has 6 nitrogen and oxygen atoms in total. The van der Waals surface area contributed by atoms with Gasteiger partial charge in [-0.15, -0.1) is 0 Å². The Hall–Kier alpha value is -3.33. The first-order valence-corrected chi connectivity index (χ1v) is 8.17. The van der Waals surface area contributed by atoms with Gasteiger partial charge in [-0.3, -0.25) is 4.79 Å². The summed E-state index contributed by atoms with van der Waals surface area (Å²) in [6.45, 7) is 1.49. The van der Waals surface area contributed by atoms with E-state index in [1.54, 1.807) is 36.4 Å². The van der Waals surface area contributed by atoms with Crippen molar-refractivity contribution in [2.24, 2.45) is 0 Å². The van der Waals surface area contributed by atoms with Crippen molar-refractivity contribution in [1.82, 2.24) is 0 Å². The van der Waals surface area contributed by atoms with Gasteiger partial charge in [0.2, 0.25) is 0 Å². The van der Waals surface area contributed by atoms with Crippen LogP contribution in [0.2, 0.25) is 0 Å². The van der Waals surface area contributed by atoms with Crippen molar-refractivity contribution in [3.63, 3.8) is 0 Å². The van der Waals surface area contributed by atoms with E-state index >= 15 is 0 Å². The minimum Gasteiger partial charge on any atom is -0.482 e. The fraction of sp³-hybridized carbons (Fsp3) is 0.250. The highest BCUT2D eigenvalue weighted by molar-refractivity contribution is 5.95. The third-order valence-electron chi connectivity index (χ3n) is 3.55. The molecule has 2 aromatic rings. The zero-order chi connectivity index (χ0) is 18.8. The van der Waals surface area contributed by atoms with E-state index in [4.69, 9.17) is 14.7 Å². The van der Waals surface area contributed by atoms with Gasteiger partial charge >= 0.3 is 5.97 Å². The number of esters is 1. The molecule has 0 heterocycles. The number of hydrogen-bond donors (Lipinski definition) is 0. The summed E-state index contributed by atoms with van der Waals surface area (Å²) in [5.74, 6) is -0.477. The summed E-state index contributed by atoms with van der Waals surface area (Å²) in [6, 6.07) is 18.2. The highest BCUT2D eigenvalue weighted by atomic mass is 16.6. The quantitative estimate of drug-likeness (QED) is 0.683. The number of aryl methyl sites for hydroxylation is 1. The third kappa shape index (κ3) is 5.95. The topological polar surface area (TPSA) is 79.6 Å². The molecule has 0 aromatic heterocycles. The van der Waals surface area contributed by atoms with Crippen LogP contribution in [0.25, 0.3) is 0 Å². The predicted molar refractivity (Wildman–Crippen MR) is 96.7 cm³/mol. The van der Waals surface area contributed by atoms with Crippen LogP contribution in [0.5, 0.6) is 5.75 Å². The number of rotatable bonds is 8. The van der Waals surface area contributed by atoms with Gasteiger partial charge in [0.1, 0.15) is 5.75 Å². The largest absolute Gasteiger partial charge is 0.482 e. The SMILES string of the molecule is Cc1ccc(N(CCC#N)C(=O)COC(=O)COc2ccccc2)cc1. The Morgan fingerprint density at radius 1 is 1.04 bits per heavy atom. The minimum atomic E-state index is -0.633. The predicted octanol–water partition coefficient (Wildman–Crippen LogP) is 2.86. The molecule has 0 unspecified atom stereocenters. The summed E-state index contributed by atoms with van der Waals surface area (Å²) in [4.78, 5) is 25.6. The molecule has 0 saturated heterocycles. The lowest BCUT2D eigenvalue weighted by Crippen LogP contribution is -2.36. The first kappa shape index (κ1) is 19.0. The fourth-order valence-corrected chi connectivity index (χ4v) is 2.21. The normalized spacial score (nSPS) is 9.85. The lowest BCUT2D eigenvalue weighted by molar-refractivity contribution is -0.149. The molecule has 0 spiro atoms. The second-order valence-electron chi connectivity index (χ2n) is 5.55. The Bertz CT molecular complexity index is 767. The van der Waals surface area contributed by atoms with Crippen molar-refractivity contribution in [3.05, 3.63) is 60.2 Å². The molecule has 2 aromatic carbocycles. The number of nitrogens with zero attached hydrogens (tertiary/aromatic N) is 2. The monoisotopic (exact) mass is 352 g/mol. The van der Waals surface area contributed by atoms with Crippen LogP contribution in [0.4, 0.5) is 5.69 Å². The summed E-state index contributed by atoms with van der Waals surface area (Å²) in [5.41, 5.74) is 1.72. The van der Waals surface area contributed by atoms with Crippen LogP contribution in [0.15, 0.2) is 54.6 Å². The first-order valence-electron chi connectivity index (χ1n) is 8.17. The molecular formula is C20H20N2O4. The molecule has 0 fully saturated rings. The van der Waals surface area contributed by atoms with Crippen molar-refractivity contribution in [2.75, 3.05) is 24.7 Å². The average molecular weight is 352 g/mol. The molecule has 0 aliphatic heterocycles. The molecule has 1 amide bonds. The van der Waals surface area contributed by atoms with Gasteiger partial charge in [-0.05, 0) is 31.2 Å². The summed E-state index contributed by atoms with van der Waals surface area (Å²) < 4.78 is 10.3. The standard InChI is InChI=1S/C20H20N2O4/c1-16-8-10-17(11-9-16)22(13-5-12-21)19(23)14-26-20(24)15-25-18-6-3-2-4-7-18/h2-4,6-11H,5,13-15H2,1H3. The number of benzene rings is 2. The molecule has 0 radical (unpaired) electrons. The zero-order valence-corrected chi connectivity index (χ0v) is 14.6. The third-order valence-corrected chi connectivity index (χ3v) is 3.55. The Morgan fingerprint density at radius 3 is 2.38 bits per heavy atom. The van der Waals surface area contributed by atoms with Crippen molar-refractivity contribution in [3.8, 4) is 11.8 Å². The van der Waals surface area contributed by atoms with E-state index in [1.165, 1.54) is 4.90 Å². The molecule has 0 aliphatic rings. The molecule has 0 aliphatic carbocycles. The van der Waals surface area contributed by atoms with Gasteiger partial charge in [-0.2, -0.15) is 5.26 Å². The van der Waals surface area contributed by atoms with Crippen molar-refractivity contribution in [2.45, 2.75) is 13.3 Å². The van der Waals surface area contributed by atoms with Crippen LogP contribution in [0.3, 0.4) is 0 Å². The van der Waals surface area contributed by atoms with E-state index in [9.17, 15) is 9.59 Å². The Balaban J connectivity index is 1.88.